The molecule has 0 spiro atoms. The number of thiol groups is 1. The Morgan fingerprint density at radius 1 is 1.46 bits per heavy atom. The molecular weight excluding hydrogens is 315 g/mol. The monoisotopic (exact) mass is 322 g/mol. The van der Waals surface area contributed by atoms with E-state index in [2.05, 4.69) is 47.4 Å². The fourth-order valence-electron chi connectivity index (χ4n) is 1.14. The van der Waals surface area contributed by atoms with Crippen LogP contribution in [-0.2, 0) is 0 Å². The Bertz CT molecular complexity index is 450. The van der Waals surface area contributed by atoms with E-state index in [9.17, 15) is 0 Å². The number of halogens is 1. The fourth-order valence-corrected chi connectivity index (χ4v) is 3.04. The summed E-state index contributed by atoms with van der Waals surface area (Å²) in [6, 6.07) is 6.20. The topological polar surface area (TPSA) is 9.23 Å². The molecule has 0 bridgehead atoms. The number of hydrogen-bond donors (Lipinski definition) is 1. The van der Waals surface area contributed by atoms with Crippen molar-refractivity contribution in [3.63, 3.8) is 0 Å². The SMILES string of the molecule is COc1cc2ccc(I)c(S)c2s1. The van der Waals surface area contributed by atoms with E-state index in [0.29, 0.717) is 0 Å². The Hall–Kier alpha value is 0.0600. The second kappa shape index (κ2) is 3.67. The molecule has 0 N–H and O–H groups in total. The molecule has 0 fully saturated rings. The Labute approximate surface area is 99.6 Å². The summed E-state index contributed by atoms with van der Waals surface area (Å²) in [5, 5.41) is 2.14. The first-order valence-electron chi connectivity index (χ1n) is 3.67. The predicted octanol–water partition coefficient (Wildman–Crippen LogP) is 3.80. The minimum Gasteiger partial charge on any atom is -0.487 e. The van der Waals surface area contributed by atoms with Crippen molar-refractivity contribution >= 4 is 56.6 Å². The van der Waals surface area contributed by atoms with Crippen molar-refractivity contribution in [1.82, 2.24) is 0 Å². The van der Waals surface area contributed by atoms with E-state index in [1.807, 2.05) is 6.07 Å². The first-order chi connectivity index (χ1) is 6.22. The lowest BCUT2D eigenvalue weighted by Gasteiger charge is -1.96. The van der Waals surface area contributed by atoms with E-state index in [4.69, 9.17) is 4.74 Å². The molecule has 0 aliphatic carbocycles. The van der Waals surface area contributed by atoms with E-state index in [1.54, 1.807) is 18.4 Å². The Morgan fingerprint density at radius 2 is 2.23 bits per heavy atom. The second-order valence-electron chi connectivity index (χ2n) is 2.58. The quantitative estimate of drug-likeness (QED) is 0.621. The normalized spacial score (nSPS) is 10.7. The van der Waals surface area contributed by atoms with Gasteiger partial charge in [-0.1, -0.05) is 17.4 Å². The largest absolute Gasteiger partial charge is 0.487 e. The van der Waals surface area contributed by atoms with E-state index in [-0.39, 0.29) is 0 Å². The van der Waals surface area contributed by atoms with Gasteiger partial charge >= 0.3 is 0 Å². The Morgan fingerprint density at radius 3 is 2.92 bits per heavy atom. The van der Waals surface area contributed by atoms with Gasteiger partial charge in [-0.15, -0.1) is 12.6 Å². The van der Waals surface area contributed by atoms with Crippen LogP contribution < -0.4 is 4.74 Å². The molecule has 0 saturated carbocycles. The van der Waals surface area contributed by atoms with Gasteiger partial charge in [-0.25, -0.2) is 0 Å². The lowest BCUT2D eigenvalue weighted by molar-refractivity contribution is 0.427. The van der Waals surface area contributed by atoms with Gasteiger partial charge in [0.05, 0.1) is 11.8 Å². The molecule has 4 heteroatoms. The molecule has 0 unspecified atom stereocenters. The minimum atomic E-state index is 0.937. The molecule has 1 aromatic heterocycles. The van der Waals surface area contributed by atoms with Crippen molar-refractivity contribution in [2.75, 3.05) is 7.11 Å². The molecule has 0 aliphatic heterocycles. The van der Waals surface area contributed by atoms with Crippen LogP contribution in [0.2, 0.25) is 0 Å². The second-order valence-corrected chi connectivity index (χ2v) is 5.21. The van der Waals surface area contributed by atoms with Gasteiger partial charge in [0, 0.05) is 8.47 Å². The molecule has 1 aromatic carbocycles. The fraction of sp³-hybridized carbons (Fsp3) is 0.111. The first-order valence-corrected chi connectivity index (χ1v) is 6.01. The predicted molar refractivity (Wildman–Crippen MR) is 68.3 cm³/mol. The number of thiophene rings is 1. The van der Waals surface area contributed by atoms with Gasteiger partial charge in [0.25, 0.3) is 0 Å². The molecule has 1 nitrogen and oxygen atoms in total. The highest BCUT2D eigenvalue weighted by Crippen LogP contribution is 2.37. The third-order valence-electron chi connectivity index (χ3n) is 1.79. The summed E-state index contributed by atoms with van der Waals surface area (Å²) < 4.78 is 7.56. The molecule has 68 valence electrons. The van der Waals surface area contributed by atoms with Crippen molar-refractivity contribution in [1.29, 1.82) is 0 Å². The number of benzene rings is 1. The Balaban J connectivity index is 2.76. The van der Waals surface area contributed by atoms with Crippen LogP contribution in [0.3, 0.4) is 0 Å². The molecule has 2 aromatic rings. The molecule has 0 radical (unpaired) electrons. The number of rotatable bonds is 1. The summed E-state index contributed by atoms with van der Waals surface area (Å²) >= 11 is 8.38. The molecule has 0 atom stereocenters. The summed E-state index contributed by atoms with van der Waals surface area (Å²) in [4.78, 5) is 1.05. The zero-order valence-corrected chi connectivity index (χ0v) is 10.7. The van der Waals surface area contributed by atoms with Crippen molar-refractivity contribution in [3.05, 3.63) is 21.8 Å². The zero-order valence-electron chi connectivity index (χ0n) is 6.87. The highest BCUT2D eigenvalue weighted by Gasteiger charge is 2.06. The van der Waals surface area contributed by atoms with Crippen LogP contribution in [0, 0.1) is 3.57 Å². The third kappa shape index (κ3) is 1.67. The van der Waals surface area contributed by atoms with Gasteiger partial charge in [-0.05, 0) is 40.1 Å². The maximum Gasteiger partial charge on any atom is 0.174 e. The zero-order chi connectivity index (χ0) is 9.42. The lowest BCUT2D eigenvalue weighted by Crippen LogP contribution is -1.73. The first kappa shape index (κ1) is 9.61. The number of fused-ring (bicyclic) bond motifs is 1. The number of hydrogen-bond acceptors (Lipinski definition) is 3. The summed E-state index contributed by atoms with van der Waals surface area (Å²) in [6.45, 7) is 0. The molecular formula is C9H7IOS2. The van der Waals surface area contributed by atoms with E-state index >= 15 is 0 Å². The summed E-state index contributed by atoms with van der Waals surface area (Å²) in [6.07, 6.45) is 0. The molecule has 0 amide bonds. The smallest absolute Gasteiger partial charge is 0.174 e. The van der Waals surface area contributed by atoms with Crippen molar-refractivity contribution < 1.29 is 4.74 Å². The molecule has 0 aliphatic rings. The van der Waals surface area contributed by atoms with Crippen molar-refractivity contribution in [2.45, 2.75) is 4.90 Å². The van der Waals surface area contributed by atoms with Gasteiger partial charge < -0.3 is 4.74 Å². The number of ether oxygens (including phenoxy) is 1. The van der Waals surface area contributed by atoms with Gasteiger partial charge in [-0.3, -0.25) is 0 Å². The van der Waals surface area contributed by atoms with Gasteiger partial charge in [0.15, 0.2) is 5.06 Å². The average Bonchev–Trinajstić information content (AvgIpc) is 2.55. The summed E-state index contributed by atoms with van der Waals surface area (Å²) in [5.74, 6) is 0. The van der Waals surface area contributed by atoms with Gasteiger partial charge in [0.2, 0.25) is 0 Å². The van der Waals surface area contributed by atoms with Crippen LogP contribution in [0.4, 0.5) is 0 Å². The number of methoxy groups -OCH3 is 1. The van der Waals surface area contributed by atoms with Crippen LogP contribution in [0.15, 0.2) is 23.1 Å². The maximum atomic E-state index is 5.18. The lowest BCUT2D eigenvalue weighted by atomic mass is 10.3. The van der Waals surface area contributed by atoms with E-state index in [0.717, 1.165) is 9.96 Å². The highest BCUT2D eigenvalue weighted by molar-refractivity contribution is 14.1. The molecule has 0 saturated heterocycles. The molecule has 1 heterocycles. The molecule has 2 rings (SSSR count). The van der Waals surface area contributed by atoms with Crippen LogP contribution in [-0.4, -0.2) is 7.11 Å². The minimum absolute atomic E-state index is 0.937. The van der Waals surface area contributed by atoms with E-state index in [1.165, 1.54) is 13.7 Å². The van der Waals surface area contributed by atoms with E-state index < -0.39 is 0 Å². The summed E-state index contributed by atoms with van der Waals surface area (Å²) in [5.41, 5.74) is 0. The van der Waals surface area contributed by atoms with Crippen LogP contribution in [0.1, 0.15) is 0 Å². The van der Waals surface area contributed by atoms with Crippen LogP contribution in [0.25, 0.3) is 10.1 Å². The summed E-state index contributed by atoms with van der Waals surface area (Å²) in [7, 11) is 1.69. The highest BCUT2D eigenvalue weighted by atomic mass is 127. The van der Waals surface area contributed by atoms with Crippen LogP contribution >= 0.6 is 46.6 Å². The van der Waals surface area contributed by atoms with Gasteiger partial charge in [0.1, 0.15) is 0 Å². The van der Waals surface area contributed by atoms with Crippen LogP contribution in [0.5, 0.6) is 5.06 Å². The maximum absolute atomic E-state index is 5.18. The standard InChI is InChI=1S/C9H7IOS2/c1-11-7-4-5-2-3-6(10)8(12)9(5)13-7/h2-4,12H,1H3. The Kier molecular flexibility index (Phi) is 2.71. The van der Waals surface area contributed by atoms with Crippen molar-refractivity contribution in [2.24, 2.45) is 0 Å². The third-order valence-corrected chi connectivity index (χ3v) is 4.86. The molecule has 13 heavy (non-hydrogen) atoms. The van der Waals surface area contributed by atoms with Crippen molar-refractivity contribution in [3.8, 4) is 5.06 Å². The van der Waals surface area contributed by atoms with Gasteiger partial charge in [-0.2, -0.15) is 0 Å². The average molecular weight is 322 g/mol.